The molecular formula is C36H34FN2O6S-. The van der Waals surface area contributed by atoms with Crippen molar-refractivity contribution in [1.82, 2.24) is 10.5 Å². The minimum absolute atomic E-state index is 0.00402. The quantitative estimate of drug-likeness (QED) is 0.151. The lowest BCUT2D eigenvalue weighted by Crippen LogP contribution is -2.28. The summed E-state index contributed by atoms with van der Waals surface area (Å²) in [4.78, 5) is 12.4. The van der Waals surface area contributed by atoms with E-state index in [0.717, 1.165) is 22.4 Å². The summed E-state index contributed by atoms with van der Waals surface area (Å²) in [5.41, 5.74) is 5.12. The van der Waals surface area contributed by atoms with Crippen LogP contribution in [0.15, 0.2) is 108 Å². The first-order valence-corrected chi connectivity index (χ1v) is 16.3. The van der Waals surface area contributed by atoms with E-state index >= 15 is 0 Å². The summed E-state index contributed by atoms with van der Waals surface area (Å²) < 4.78 is 57.3. The fraction of sp³-hybridized carbons (Fsp3) is 0.222. The molecule has 10 heteroatoms. The molecule has 5 aromatic rings. The van der Waals surface area contributed by atoms with E-state index in [4.69, 9.17) is 9.26 Å². The van der Waals surface area contributed by atoms with Gasteiger partial charge in [0.05, 0.1) is 21.6 Å². The molecule has 0 aliphatic rings. The number of aromatic nitrogens is 1. The zero-order chi connectivity index (χ0) is 32.9. The van der Waals surface area contributed by atoms with Gasteiger partial charge in [-0.3, -0.25) is 4.79 Å². The number of hydrogen-bond donors (Lipinski definition) is 1. The molecular weight excluding hydrogens is 607 g/mol. The molecule has 1 N–H and O–H groups in total. The van der Waals surface area contributed by atoms with Crippen molar-refractivity contribution in [3.63, 3.8) is 0 Å². The van der Waals surface area contributed by atoms with E-state index in [1.807, 2.05) is 30.3 Å². The van der Waals surface area contributed by atoms with Crippen LogP contribution in [0.2, 0.25) is 0 Å². The van der Waals surface area contributed by atoms with Gasteiger partial charge in [-0.25, -0.2) is 12.8 Å². The van der Waals surface area contributed by atoms with Gasteiger partial charge < -0.3 is 19.1 Å². The number of nitrogens with zero attached hydrogens (tertiary/aromatic N) is 1. The second-order valence-corrected chi connectivity index (χ2v) is 13.6. The van der Waals surface area contributed by atoms with Crippen LogP contribution < -0.4 is 10.1 Å². The monoisotopic (exact) mass is 641 g/mol. The highest BCUT2D eigenvalue weighted by Crippen LogP contribution is 2.34. The maximum atomic E-state index is 13.2. The van der Waals surface area contributed by atoms with E-state index in [2.05, 4.69) is 55.5 Å². The number of rotatable bonds is 11. The van der Waals surface area contributed by atoms with Crippen LogP contribution >= 0.6 is 0 Å². The van der Waals surface area contributed by atoms with Crippen LogP contribution in [0.5, 0.6) is 11.5 Å². The van der Waals surface area contributed by atoms with Gasteiger partial charge in [0, 0.05) is 29.7 Å². The fourth-order valence-corrected chi connectivity index (χ4v) is 5.30. The van der Waals surface area contributed by atoms with E-state index in [1.165, 1.54) is 17.7 Å². The summed E-state index contributed by atoms with van der Waals surface area (Å²) in [6, 6.07) is 30.6. The van der Waals surface area contributed by atoms with E-state index < -0.39 is 21.8 Å². The Morgan fingerprint density at radius 1 is 0.913 bits per heavy atom. The van der Waals surface area contributed by atoms with Crippen LogP contribution in [0.3, 0.4) is 0 Å². The number of nitrogens with one attached hydrogen (secondary N) is 1. The molecule has 8 nitrogen and oxygen atoms in total. The van der Waals surface area contributed by atoms with Gasteiger partial charge in [-0.05, 0) is 89.2 Å². The smallest absolute Gasteiger partial charge is 0.251 e. The molecule has 1 atom stereocenters. The number of carbonyl (C=O) groups excluding carboxylic acids is 1. The Morgan fingerprint density at radius 2 is 1.52 bits per heavy atom. The lowest BCUT2D eigenvalue weighted by Gasteiger charge is -2.21. The lowest BCUT2D eigenvalue weighted by molar-refractivity contribution is 0.0956. The van der Waals surface area contributed by atoms with E-state index in [1.54, 1.807) is 36.4 Å². The van der Waals surface area contributed by atoms with Crippen molar-refractivity contribution >= 4 is 16.0 Å². The van der Waals surface area contributed by atoms with Crippen LogP contribution in [-0.2, 0) is 22.0 Å². The molecule has 1 amide bonds. The first-order chi connectivity index (χ1) is 21.8. The van der Waals surface area contributed by atoms with Crippen molar-refractivity contribution in [2.45, 2.75) is 38.5 Å². The number of carbonyl (C=O) groups is 1. The van der Waals surface area contributed by atoms with Gasteiger partial charge in [0.25, 0.3) is 5.91 Å². The van der Waals surface area contributed by atoms with Crippen molar-refractivity contribution in [3.8, 4) is 22.8 Å². The number of hydrogen-bond acceptors (Lipinski definition) is 7. The molecule has 0 spiro atoms. The molecule has 1 aromatic heterocycles. The number of amides is 1. The van der Waals surface area contributed by atoms with Gasteiger partial charge in [-0.1, -0.05) is 62.3 Å². The molecule has 46 heavy (non-hydrogen) atoms. The first kappa shape index (κ1) is 32.6. The predicted molar refractivity (Wildman–Crippen MR) is 172 cm³/mol. The third-order valence-corrected chi connectivity index (χ3v) is 8.25. The normalized spacial score (nSPS) is 12.5. The molecule has 1 heterocycles. The topological polar surface area (TPSA) is 122 Å². The van der Waals surface area contributed by atoms with Crippen molar-refractivity contribution in [3.05, 3.63) is 137 Å². The van der Waals surface area contributed by atoms with Crippen LogP contribution in [0.1, 0.15) is 59.4 Å². The highest BCUT2D eigenvalue weighted by atomic mass is 32.2. The lowest BCUT2D eigenvalue weighted by atomic mass is 9.83. The summed E-state index contributed by atoms with van der Waals surface area (Å²) in [6.07, 6.45) is 0.571. The molecule has 0 aliphatic heterocycles. The third kappa shape index (κ3) is 8.68. The Labute approximate surface area is 268 Å². The van der Waals surface area contributed by atoms with Gasteiger partial charge >= 0.3 is 0 Å². The van der Waals surface area contributed by atoms with Crippen molar-refractivity contribution in [1.29, 1.82) is 0 Å². The molecule has 0 bridgehead atoms. The summed E-state index contributed by atoms with van der Waals surface area (Å²) in [6.45, 7) is 6.24. The Kier molecular flexibility index (Phi) is 9.69. The highest BCUT2D eigenvalue weighted by Gasteiger charge is 2.22. The first-order valence-electron chi connectivity index (χ1n) is 14.8. The Morgan fingerprint density at radius 3 is 2.11 bits per heavy atom. The second kappa shape index (κ2) is 13.7. The van der Waals surface area contributed by atoms with Crippen LogP contribution in [0.25, 0.3) is 11.3 Å². The largest absolute Gasteiger partial charge is 0.748 e. The van der Waals surface area contributed by atoms with Gasteiger partial charge in [0.2, 0.25) is 0 Å². The average molecular weight is 642 g/mol. The average Bonchev–Trinajstić information content (AvgIpc) is 3.51. The number of benzene rings is 4. The second-order valence-electron chi connectivity index (χ2n) is 12.0. The van der Waals surface area contributed by atoms with E-state index in [0.29, 0.717) is 29.2 Å². The van der Waals surface area contributed by atoms with Crippen LogP contribution in [0.4, 0.5) is 4.39 Å². The van der Waals surface area contributed by atoms with E-state index in [9.17, 15) is 22.2 Å². The molecule has 0 saturated heterocycles. The minimum Gasteiger partial charge on any atom is -0.748 e. The third-order valence-electron chi connectivity index (χ3n) is 7.55. The minimum atomic E-state index is -4.41. The summed E-state index contributed by atoms with van der Waals surface area (Å²) in [5.74, 6) is 0.0988. The maximum Gasteiger partial charge on any atom is 0.251 e. The van der Waals surface area contributed by atoms with Gasteiger partial charge in [0.15, 0.2) is 5.76 Å². The molecule has 0 aliphatic carbocycles. The van der Waals surface area contributed by atoms with Crippen molar-refractivity contribution < 1.29 is 31.4 Å². The summed E-state index contributed by atoms with van der Waals surface area (Å²) in [7, 11) is -4.41. The Bertz CT molecular complexity index is 1880. The Balaban J connectivity index is 1.36. The van der Waals surface area contributed by atoms with Crippen molar-refractivity contribution in [2.24, 2.45) is 0 Å². The molecule has 0 saturated carbocycles. The molecule has 1 unspecified atom stereocenters. The molecule has 238 valence electrons. The highest BCUT2D eigenvalue weighted by molar-refractivity contribution is 7.85. The van der Waals surface area contributed by atoms with Crippen LogP contribution in [-0.4, -0.2) is 36.3 Å². The number of ether oxygens (including phenoxy) is 1. The van der Waals surface area contributed by atoms with Crippen molar-refractivity contribution in [2.75, 3.05) is 12.3 Å². The van der Waals surface area contributed by atoms with E-state index in [-0.39, 0.29) is 23.7 Å². The predicted octanol–water partition coefficient (Wildman–Crippen LogP) is 7.22. The molecule has 4 aromatic carbocycles. The SMILES string of the molecule is CC(C)(C)c1ccc(C(Cc2ccc(C(=O)NCCS(=O)(=O)[O-])cc2)c2cc(-c3ccc(Oc4ccc(F)cc4)cc3)on2)cc1. The molecule has 0 radical (unpaired) electrons. The van der Waals surface area contributed by atoms with Gasteiger partial charge in [0.1, 0.15) is 17.3 Å². The molecule has 0 fully saturated rings. The number of halogens is 1. The Hall–Kier alpha value is -4.80. The van der Waals surface area contributed by atoms with Gasteiger partial charge in [-0.2, -0.15) is 0 Å². The van der Waals surface area contributed by atoms with Gasteiger partial charge in [-0.15, -0.1) is 0 Å². The maximum absolute atomic E-state index is 13.2. The fourth-order valence-electron chi connectivity index (χ4n) is 4.94. The standard InChI is InChI=1S/C36H35FN2O6S/c1-36(2,3)28-12-8-25(9-13-28)32(22-24-4-6-27(7-5-24)35(40)38-20-21-46(41,42)43)33-23-34(45-39-33)26-10-16-30(17-11-26)44-31-18-14-29(37)15-19-31/h4-19,23,32H,20-22H2,1-3H3,(H,38,40)(H,41,42,43)/p-1. The van der Waals surface area contributed by atoms with Crippen LogP contribution in [0, 0.1) is 5.82 Å². The zero-order valence-corrected chi connectivity index (χ0v) is 26.5. The summed E-state index contributed by atoms with van der Waals surface area (Å²) >= 11 is 0. The zero-order valence-electron chi connectivity index (χ0n) is 25.7. The molecule has 5 rings (SSSR count). The summed E-state index contributed by atoms with van der Waals surface area (Å²) in [5, 5.41) is 6.91.